The number of aromatic carboxylic acids is 1. The minimum atomic E-state index is -0.895. The van der Waals surface area contributed by atoms with Gasteiger partial charge in [0, 0.05) is 11.4 Å². The number of para-hydroxylation sites is 1. The Kier molecular flexibility index (Phi) is 3.10. The zero-order valence-corrected chi connectivity index (χ0v) is 9.47. The lowest BCUT2D eigenvalue weighted by atomic mass is 10.1. The molecular formula is C14H13NO2. The van der Waals surface area contributed by atoms with Crippen molar-refractivity contribution in [2.75, 3.05) is 5.32 Å². The van der Waals surface area contributed by atoms with Gasteiger partial charge >= 0.3 is 5.97 Å². The van der Waals surface area contributed by atoms with Crippen LogP contribution in [0.1, 0.15) is 15.9 Å². The van der Waals surface area contributed by atoms with Gasteiger partial charge in [0.1, 0.15) is 0 Å². The van der Waals surface area contributed by atoms with Gasteiger partial charge < -0.3 is 10.4 Å². The number of nitrogens with one attached hydrogen (secondary N) is 1. The molecule has 0 spiro atoms. The molecule has 2 rings (SSSR count). The molecule has 0 amide bonds. The summed E-state index contributed by atoms with van der Waals surface area (Å²) < 4.78 is 0. The minimum Gasteiger partial charge on any atom is -0.478 e. The van der Waals surface area contributed by atoms with E-state index in [0.29, 0.717) is 5.56 Å². The molecule has 0 saturated carbocycles. The van der Waals surface area contributed by atoms with Gasteiger partial charge in [0.2, 0.25) is 0 Å². The van der Waals surface area contributed by atoms with Crippen LogP contribution < -0.4 is 5.32 Å². The van der Waals surface area contributed by atoms with Crippen LogP contribution in [0.5, 0.6) is 0 Å². The van der Waals surface area contributed by atoms with E-state index in [1.165, 1.54) is 0 Å². The van der Waals surface area contributed by atoms with E-state index < -0.39 is 5.97 Å². The number of aryl methyl sites for hydroxylation is 1. The van der Waals surface area contributed by atoms with Crippen LogP contribution in [-0.2, 0) is 0 Å². The highest BCUT2D eigenvalue weighted by atomic mass is 16.4. The molecule has 0 aromatic heterocycles. The van der Waals surface area contributed by atoms with Crippen molar-refractivity contribution in [1.29, 1.82) is 0 Å². The first kappa shape index (κ1) is 11.2. The second kappa shape index (κ2) is 4.70. The molecule has 17 heavy (non-hydrogen) atoms. The summed E-state index contributed by atoms with van der Waals surface area (Å²) in [5.74, 6) is -0.895. The number of anilines is 2. The van der Waals surface area contributed by atoms with Crippen molar-refractivity contribution in [1.82, 2.24) is 0 Å². The van der Waals surface area contributed by atoms with E-state index in [1.54, 1.807) is 19.1 Å². The Morgan fingerprint density at radius 1 is 1.06 bits per heavy atom. The standard InChI is InChI=1S/C14H13NO2/c1-10-9-12(7-8-13(10)14(16)17)15-11-5-3-2-4-6-11/h2-9,15H,1H3,(H,16,17). The van der Waals surface area contributed by atoms with Gasteiger partial charge in [-0.3, -0.25) is 0 Å². The Hall–Kier alpha value is -2.29. The van der Waals surface area contributed by atoms with E-state index in [0.717, 1.165) is 16.9 Å². The SMILES string of the molecule is Cc1cc(Nc2ccccc2)ccc1C(=O)O. The van der Waals surface area contributed by atoms with Crippen LogP contribution in [0.25, 0.3) is 0 Å². The molecule has 2 N–H and O–H groups in total. The summed E-state index contributed by atoms with van der Waals surface area (Å²) in [4.78, 5) is 10.9. The third kappa shape index (κ3) is 2.64. The lowest BCUT2D eigenvalue weighted by Gasteiger charge is -2.08. The van der Waals surface area contributed by atoms with Crippen molar-refractivity contribution in [3.63, 3.8) is 0 Å². The largest absolute Gasteiger partial charge is 0.478 e. The van der Waals surface area contributed by atoms with E-state index in [-0.39, 0.29) is 0 Å². The van der Waals surface area contributed by atoms with Gasteiger partial charge in [-0.05, 0) is 42.8 Å². The van der Waals surface area contributed by atoms with Gasteiger partial charge in [0.25, 0.3) is 0 Å². The Morgan fingerprint density at radius 3 is 2.35 bits per heavy atom. The summed E-state index contributed by atoms with van der Waals surface area (Å²) in [6.45, 7) is 1.79. The van der Waals surface area contributed by atoms with Crippen LogP contribution in [0.2, 0.25) is 0 Å². The Bertz CT molecular complexity index is 535. The molecule has 0 heterocycles. The highest BCUT2D eigenvalue weighted by molar-refractivity contribution is 5.90. The maximum atomic E-state index is 10.9. The van der Waals surface area contributed by atoms with Crippen LogP contribution in [0.3, 0.4) is 0 Å². The second-order valence-electron chi connectivity index (χ2n) is 3.83. The Balaban J connectivity index is 2.24. The summed E-state index contributed by atoms with van der Waals surface area (Å²) in [6.07, 6.45) is 0. The Labute approximate surface area is 99.7 Å². The smallest absolute Gasteiger partial charge is 0.335 e. The summed E-state index contributed by atoms with van der Waals surface area (Å²) in [5.41, 5.74) is 2.95. The molecular weight excluding hydrogens is 214 g/mol. The maximum absolute atomic E-state index is 10.9. The molecule has 0 radical (unpaired) electrons. The van der Waals surface area contributed by atoms with Crippen LogP contribution in [-0.4, -0.2) is 11.1 Å². The van der Waals surface area contributed by atoms with Gasteiger partial charge in [0.15, 0.2) is 0 Å². The molecule has 2 aromatic rings. The van der Waals surface area contributed by atoms with Gasteiger partial charge in [-0.1, -0.05) is 18.2 Å². The average molecular weight is 227 g/mol. The molecule has 0 atom stereocenters. The van der Waals surface area contributed by atoms with Crippen molar-refractivity contribution in [2.24, 2.45) is 0 Å². The van der Waals surface area contributed by atoms with Crippen molar-refractivity contribution in [3.8, 4) is 0 Å². The molecule has 0 unspecified atom stereocenters. The lowest BCUT2D eigenvalue weighted by molar-refractivity contribution is 0.0696. The van der Waals surface area contributed by atoms with E-state index in [4.69, 9.17) is 5.11 Å². The van der Waals surface area contributed by atoms with Crippen molar-refractivity contribution < 1.29 is 9.90 Å². The van der Waals surface area contributed by atoms with E-state index in [2.05, 4.69) is 5.32 Å². The summed E-state index contributed by atoms with van der Waals surface area (Å²) >= 11 is 0. The number of carbonyl (C=O) groups is 1. The third-order valence-corrected chi connectivity index (χ3v) is 2.52. The van der Waals surface area contributed by atoms with Crippen molar-refractivity contribution in [3.05, 3.63) is 59.7 Å². The molecule has 3 heteroatoms. The average Bonchev–Trinajstić information content (AvgIpc) is 2.30. The Morgan fingerprint density at radius 2 is 1.76 bits per heavy atom. The topological polar surface area (TPSA) is 49.3 Å². The zero-order chi connectivity index (χ0) is 12.3. The number of carboxylic acid groups (broad SMARTS) is 1. The third-order valence-electron chi connectivity index (χ3n) is 2.52. The summed E-state index contributed by atoms with van der Waals surface area (Å²) in [5, 5.41) is 12.1. The number of rotatable bonds is 3. The maximum Gasteiger partial charge on any atom is 0.335 e. The summed E-state index contributed by atoms with van der Waals surface area (Å²) in [6, 6.07) is 15.0. The molecule has 2 aromatic carbocycles. The minimum absolute atomic E-state index is 0.337. The van der Waals surface area contributed by atoms with Crippen LogP contribution in [0.4, 0.5) is 11.4 Å². The van der Waals surface area contributed by atoms with Crippen LogP contribution in [0, 0.1) is 6.92 Å². The highest BCUT2D eigenvalue weighted by Gasteiger charge is 2.06. The molecule has 0 aliphatic rings. The summed E-state index contributed by atoms with van der Waals surface area (Å²) in [7, 11) is 0. The van der Waals surface area contributed by atoms with E-state index >= 15 is 0 Å². The first-order chi connectivity index (χ1) is 8.16. The number of hydrogen-bond acceptors (Lipinski definition) is 2. The molecule has 0 aliphatic carbocycles. The monoisotopic (exact) mass is 227 g/mol. The molecule has 86 valence electrons. The quantitative estimate of drug-likeness (QED) is 0.844. The molecule has 3 nitrogen and oxygen atoms in total. The van der Waals surface area contributed by atoms with Gasteiger partial charge in [-0.25, -0.2) is 4.79 Å². The van der Waals surface area contributed by atoms with Gasteiger partial charge in [0.05, 0.1) is 5.56 Å². The van der Waals surface area contributed by atoms with Crippen molar-refractivity contribution in [2.45, 2.75) is 6.92 Å². The number of benzene rings is 2. The zero-order valence-electron chi connectivity index (χ0n) is 9.47. The second-order valence-corrected chi connectivity index (χ2v) is 3.83. The number of carboxylic acids is 1. The predicted octanol–water partition coefficient (Wildman–Crippen LogP) is 3.44. The van der Waals surface area contributed by atoms with Gasteiger partial charge in [-0.2, -0.15) is 0 Å². The van der Waals surface area contributed by atoms with Crippen LogP contribution in [0.15, 0.2) is 48.5 Å². The number of hydrogen-bond donors (Lipinski definition) is 2. The predicted molar refractivity (Wildman–Crippen MR) is 67.9 cm³/mol. The van der Waals surface area contributed by atoms with E-state index in [1.807, 2.05) is 36.4 Å². The molecule has 0 fully saturated rings. The lowest BCUT2D eigenvalue weighted by Crippen LogP contribution is -2.00. The van der Waals surface area contributed by atoms with Crippen molar-refractivity contribution >= 4 is 17.3 Å². The first-order valence-electron chi connectivity index (χ1n) is 5.33. The van der Waals surface area contributed by atoms with Gasteiger partial charge in [-0.15, -0.1) is 0 Å². The normalized spacial score (nSPS) is 9.94. The fourth-order valence-corrected chi connectivity index (χ4v) is 1.67. The molecule has 0 bridgehead atoms. The van der Waals surface area contributed by atoms with E-state index in [9.17, 15) is 4.79 Å². The fourth-order valence-electron chi connectivity index (χ4n) is 1.67. The molecule has 0 aliphatic heterocycles. The first-order valence-corrected chi connectivity index (χ1v) is 5.33. The highest BCUT2D eigenvalue weighted by Crippen LogP contribution is 2.19. The fraction of sp³-hybridized carbons (Fsp3) is 0.0714. The molecule has 0 saturated heterocycles. The van der Waals surface area contributed by atoms with Crippen LogP contribution >= 0.6 is 0 Å².